The molecule has 0 bridgehead atoms. The van der Waals surface area contributed by atoms with Crippen LogP contribution in [0.4, 0.5) is 0 Å². The van der Waals surface area contributed by atoms with Crippen LogP contribution >= 0.6 is 0 Å². The minimum absolute atomic E-state index is 0.500. The van der Waals surface area contributed by atoms with E-state index in [1.54, 1.807) is 6.07 Å². The van der Waals surface area contributed by atoms with Crippen molar-refractivity contribution in [2.24, 2.45) is 0 Å². The quantitative estimate of drug-likeness (QED) is 0.587. The molecule has 0 aliphatic heterocycles. The number of carbonyl (C=O) groups excluding carboxylic acids is 1. The normalized spacial score (nSPS) is 10.4. The molecular formula is C15H22O3. The second-order valence-corrected chi connectivity index (χ2v) is 4.53. The summed E-state index contributed by atoms with van der Waals surface area (Å²) >= 11 is 0. The smallest absolute Gasteiger partial charge is 0.295 e. The van der Waals surface area contributed by atoms with Crippen LogP contribution in [0.1, 0.15) is 61.0 Å². The van der Waals surface area contributed by atoms with Gasteiger partial charge in [-0.3, -0.25) is 4.89 Å². The molecule has 1 rings (SSSR count). The van der Waals surface area contributed by atoms with Crippen molar-refractivity contribution in [2.75, 3.05) is 0 Å². The van der Waals surface area contributed by atoms with Crippen LogP contribution in [0.3, 0.4) is 0 Å². The van der Waals surface area contributed by atoms with Crippen LogP contribution in [0.15, 0.2) is 18.2 Å². The van der Waals surface area contributed by atoms with Crippen molar-refractivity contribution >= 4 is 5.97 Å². The molecule has 0 amide bonds. The zero-order valence-corrected chi connectivity index (χ0v) is 11.2. The lowest BCUT2D eigenvalue weighted by atomic mass is 9.93. The highest BCUT2D eigenvalue weighted by Crippen LogP contribution is 2.20. The number of aryl methyl sites for hydroxylation is 1. The average molecular weight is 250 g/mol. The van der Waals surface area contributed by atoms with Gasteiger partial charge in [0, 0.05) is 0 Å². The summed E-state index contributed by atoms with van der Waals surface area (Å²) in [4.78, 5) is 15.4. The van der Waals surface area contributed by atoms with Gasteiger partial charge in [0.25, 0.3) is 0 Å². The van der Waals surface area contributed by atoms with Crippen molar-refractivity contribution in [3.8, 4) is 0 Å². The van der Waals surface area contributed by atoms with Crippen LogP contribution in [0.5, 0.6) is 0 Å². The molecule has 0 aliphatic rings. The van der Waals surface area contributed by atoms with Crippen molar-refractivity contribution in [1.82, 2.24) is 0 Å². The minimum atomic E-state index is -0.653. The molecule has 0 saturated carbocycles. The Balaban J connectivity index is 3.04. The fraction of sp³-hybridized carbons (Fsp3) is 0.533. The molecule has 18 heavy (non-hydrogen) atoms. The van der Waals surface area contributed by atoms with E-state index in [9.17, 15) is 4.79 Å². The highest BCUT2D eigenvalue weighted by atomic mass is 17.1. The molecule has 0 fully saturated rings. The molecule has 1 aromatic rings. The zero-order chi connectivity index (χ0) is 13.4. The van der Waals surface area contributed by atoms with Crippen LogP contribution in [0.25, 0.3) is 0 Å². The maximum absolute atomic E-state index is 11.6. The number of hydrogen-bond donors (Lipinski definition) is 1. The Labute approximate surface area is 109 Å². The largest absolute Gasteiger partial charge is 0.373 e. The monoisotopic (exact) mass is 250 g/mol. The number of hydrogen-bond acceptors (Lipinski definition) is 3. The van der Waals surface area contributed by atoms with Gasteiger partial charge in [-0.15, -0.1) is 0 Å². The molecule has 3 nitrogen and oxygen atoms in total. The molecule has 0 spiro atoms. The first-order chi connectivity index (χ1) is 8.74. The number of carbonyl (C=O) groups is 1. The maximum Gasteiger partial charge on any atom is 0.373 e. The Kier molecular flexibility index (Phi) is 6.44. The SMILES string of the molecule is CCCCc1cccc(C(=O)OO)c1CCCC. The first kappa shape index (κ1) is 14.7. The molecule has 0 atom stereocenters. The maximum atomic E-state index is 11.6. The number of rotatable bonds is 7. The summed E-state index contributed by atoms with van der Waals surface area (Å²) in [6.07, 6.45) is 6.19. The zero-order valence-electron chi connectivity index (χ0n) is 11.2. The summed E-state index contributed by atoms with van der Waals surface area (Å²) in [6, 6.07) is 5.64. The van der Waals surface area contributed by atoms with Gasteiger partial charge in [-0.2, -0.15) is 5.26 Å². The van der Waals surface area contributed by atoms with Gasteiger partial charge >= 0.3 is 5.97 Å². The molecule has 3 heteroatoms. The van der Waals surface area contributed by atoms with Gasteiger partial charge in [0.05, 0.1) is 5.56 Å². The van der Waals surface area contributed by atoms with E-state index in [1.807, 2.05) is 6.07 Å². The summed E-state index contributed by atoms with van der Waals surface area (Å²) in [5.41, 5.74) is 2.74. The predicted molar refractivity (Wildman–Crippen MR) is 71.7 cm³/mol. The first-order valence-corrected chi connectivity index (χ1v) is 6.71. The van der Waals surface area contributed by atoms with Crippen LogP contribution in [0, 0.1) is 0 Å². The fourth-order valence-corrected chi connectivity index (χ4v) is 2.13. The van der Waals surface area contributed by atoms with E-state index in [4.69, 9.17) is 5.26 Å². The number of unbranched alkanes of at least 4 members (excludes halogenated alkanes) is 2. The van der Waals surface area contributed by atoms with Crippen LogP contribution in [-0.2, 0) is 17.7 Å². The molecule has 0 heterocycles. The van der Waals surface area contributed by atoms with Crippen molar-refractivity contribution in [3.05, 3.63) is 34.9 Å². The third kappa shape index (κ3) is 3.84. The second-order valence-electron chi connectivity index (χ2n) is 4.53. The van der Waals surface area contributed by atoms with E-state index in [1.165, 1.54) is 5.56 Å². The Bertz CT molecular complexity index is 385. The van der Waals surface area contributed by atoms with E-state index < -0.39 is 5.97 Å². The summed E-state index contributed by atoms with van der Waals surface area (Å²) in [7, 11) is 0. The molecule has 0 unspecified atom stereocenters. The van der Waals surface area contributed by atoms with Crippen molar-refractivity contribution in [3.63, 3.8) is 0 Å². The van der Waals surface area contributed by atoms with Crippen LogP contribution in [-0.4, -0.2) is 11.2 Å². The molecular weight excluding hydrogens is 228 g/mol. The highest BCUT2D eigenvalue weighted by Gasteiger charge is 2.15. The highest BCUT2D eigenvalue weighted by molar-refractivity contribution is 5.91. The van der Waals surface area contributed by atoms with E-state index in [-0.39, 0.29) is 0 Å². The van der Waals surface area contributed by atoms with Crippen molar-refractivity contribution in [2.45, 2.75) is 52.4 Å². The fourth-order valence-electron chi connectivity index (χ4n) is 2.13. The van der Waals surface area contributed by atoms with Crippen LogP contribution in [0.2, 0.25) is 0 Å². The lowest BCUT2D eigenvalue weighted by molar-refractivity contribution is -0.182. The van der Waals surface area contributed by atoms with Gasteiger partial charge in [-0.25, -0.2) is 4.79 Å². The van der Waals surface area contributed by atoms with Gasteiger partial charge in [-0.1, -0.05) is 38.8 Å². The van der Waals surface area contributed by atoms with Crippen molar-refractivity contribution in [1.29, 1.82) is 0 Å². The van der Waals surface area contributed by atoms with E-state index in [0.29, 0.717) is 5.56 Å². The summed E-state index contributed by atoms with van der Waals surface area (Å²) in [5.74, 6) is -0.653. The predicted octanol–water partition coefficient (Wildman–Crippen LogP) is 4.00. The van der Waals surface area contributed by atoms with Gasteiger partial charge in [0.2, 0.25) is 0 Å². The van der Waals surface area contributed by atoms with E-state index in [0.717, 1.165) is 44.1 Å². The Morgan fingerprint density at radius 1 is 1.17 bits per heavy atom. The number of benzene rings is 1. The Morgan fingerprint density at radius 2 is 1.83 bits per heavy atom. The van der Waals surface area contributed by atoms with Crippen molar-refractivity contribution < 1.29 is 14.9 Å². The summed E-state index contributed by atoms with van der Waals surface area (Å²) in [5, 5.41) is 8.56. The summed E-state index contributed by atoms with van der Waals surface area (Å²) in [6.45, 7) is 4.27. The Morgan fingerprint density at radius 3 is 2.44 bits per heavy atom. The van der Waals surface area contributed by atoms with Gasteiger partial charge in [0.1, 0.15) is 0 Å². The van der Waals surface area contributed by atoms with E-state index >= 15 is 0 Å². The summed E-state index contributed by atoms with van der Waals surface area (Å²) < 4.78 is 0. The molecule has 0 radical (unpaired) electrons. The standard InChI is InChI=1S/C15H22O3/c1-3-5-8-12-9-7-11-14(15(16)18-17)13(12)10-6-4-2/h7,9,11,17H,3-6,8,10H2,1-2H3. The lowest BCUT2D eigenvalue weighted by Crippen LogP contribution is -2.09. The molecule has 0 saturated heterocycles. The molecule has 0 aromatic heterocycles. The van der Waals surface area contributed by atoms with E-state index in [2.05, 4.69) is 24.8 Å². The minimum Gasteiger partial charge on any atom is -0.295 e. The second kappa shape index (κ2) is 7.88. The molecule has 100 valence electrons. The third-order valence-corrected chi connectivity index (χ3v) is 3.16. The molecule has 1 aromatic carbocycles. The lowest BCUT2D eigenvalue weighted by Gasteiger charge is -2.12. The van der Waals surface area contributed by atoms with Gasteiger partial charge in [-0.05, 0) is 42.9 Å². The third-order valence-electron chi connectivity index (χ3n) is 3.16. The first-order valence-electron chi connectivity index (χ1n) is 6.71. The van der Waals surface area contributed by atoms with Crippen LogP contribution < -0.4 is 0 Å². The molecule has 0 aliphatic carbocycles. The topological polar surface area (TPSA) is 46.5 Å². The Hall–Kier alpha value is -1.35. The molecule has 1 N–H and O–H groups in total. The van der Waals surface area contributed by atoms with Gasteiger partial charge in [0.15, 0.2) is 0 Å². The van der Waals surface area contributed by atoms with Gasteiger partial charge < -0.3 is 0 Å². The average Bonchev–Trinajstić information content (AvgIpc) is 2.42.